The molecule has 1 N–H and O–H groups in total. The lowest BCUT2D eigenvalue weighted by Gasteiger charge is -2.35. The smallest absolute Gasteiger partial charge is 0.319 e. The maximum absolute atomic E-state index is 16.8. The molecule has 0 amide bonds. The maximum Gasteiger partial charge on any atom is 0.319 e. The second-order valence-electron chi connectivity index (χ2n) is 11.9. The molecule has 2 unspecified atom stereocenters. The minimum atomic E-state index is -0.934. The number of nitrogens with zero attached hydrogens (tertiary/aromatic N) is 5. The molecule has 0 radical (unpaired) electrons. The predicted octanol–water partition coefficient (Wildman–Crippen LogP) is 4.36. The number of hydrogen-bond acceptors (Lipinski definition) is 9. The molecule has 3 atom stereocenters. The lowest BCUT2D eigenvalue weighted by molar-refractivity contribution is 0.0774. The molecule has 0 saturated carbocycles. The molecule has 4 aliphatic heterocycles. The zero-order valence-electron chi connectivity index (χ0n) is 23.7. The molecule has 8 rings (SSSR count). The van der Waals surface area contributed by atoms with Gasteiger partial charge in [-0.25, -0.2) is 18.2 Å². The highest BCUT2D eigenvalue weighted by molar-refractivity contribution is 6.04. The number of phenolic OH excluding ortho intramolecular Hbond substituents is 1. The number of benzene rings is 2. The minimum Gasteiger partial charge on any atom is -0.508 e. The van der Waals surface area contributed by atoms with Crippen molar-refractivity contribution in [1.29, 1.82) is 0 Å². The first-order chi connectivity index (χ1) is 21.3. The summed E-state index contributed by atoms with van der Waals surface area (Å²) in [7, 11) is 0. The number of pyridine rings is 1. The quantitative estimate of drug-likeness (QED) is 0.342. The first kappa shape index (κ1) is 27.2. The summed E-state index contributed by atoms with van der Waals surface area (Å²) in [4.78, 5) is 17.9. The van der Waals surface area contributed by atoms with E-state index in [1.807, 2.05) is 4.90 Å². The minimum absolute atomic E-state index is 0.0544. The highest BCUT2D eigenvalue weighted by Crippen LogP contribution is 2.44. The number of halogens is 3. The molecule has 6 heterocycles. The fourth-order valence-electron chi connectivity index (χ4n) is 7.31. The van der Waals surface area contributed by atoms with Gasteiger partial charge < -0.3 is 24.2 Å². The van der Waals surface area contributed by atoms with E-state index in [1.54, 1.807) is 0 Å². The Kier molecular flexibility index (Phi) is 6.25. The Balaban J connectivity index is 1.33. The summed E-state index contributed by atoms with van der Waals surface area (Å²) in [6.07, 6.45) is 6.84. The highest BCUT2D eigenvalue weighted by Gasteiger charge is 2.49. The number of terminal acetylenes is 1. The molecule has 44 heavy (non-hydrogen) atoms. The number of aromatic nitrogens is 3. The topological polar surface area (TPSA) is 93.1 Å². The zero-order valence-corrected chi connectivity index (χ0v) is 23.7. The van der Waals surface area contributed by atoms with Gasteiger partial charge in [0.05, 0.1) is 30.4 Å². The van der Waals surface area contributed by atoms with Crippen molar-refractivity contribution in [3.05, 3.63) is 41.5 Å². The van der Waals surface area contributed by atoms with Gasteiger partial charge in [-0.2, -0.15) is 9.97 Å². The van der Waals surface area contributed by atoms with E-state index >= 15 is 4.39 Å². The second kappa shape index (κ2) is 10.1. The van der Waals surface area contributed by atoms with Crippen molar-refractivity contribution in [2.24, 2.45) is 0 Å². The lowest BCUT2D eigenvalue weighted by Crippen LogP contribution is -2.48. The maximum atomic E-state index is 16.8. The first-order valence-electron chi connectivity index (χ1n) is 14.7. The van der Waals surface area contributed by atoms with Crippen LogP contribution >= 0.6 is 0 Å². The van der Waals surface area contributed by atoms with Gasteiger partial charge in [-0.15, -0.1) is 6.42 Å². The molecule has 12 heteroatoms. The van der Waals surface area contributed by atoms with Crippen LogP contribution in [-0.2, 0) is 4.74 Å². The van der Waals surface area contributed by atoms with Crippen molar-refractivity contribution in [3.8, 4) is 41.2 Å². The van der Waals surface area contributed by atoms with E-state index in [2.05, 4.69) is 20.8 Å². The Labute approximate surface area is 250 Å². The molecular weight excluding hydrogens is 575 g/mol. The van der Waals surface area contributed by atoms with Crippen molar-refractivity contribution >= 4 is 27.5 Å². The molecule has 0 spiro atoms. The fourth-order valence-corrected chi connectivity index (χ4v) is 7.31. The van der Waals surface area contributed by atoms with Gasteiger partial charge >= 0.3 is 6.01 Å². The monoisotopic (exact) mass is 603 g/mol. The first-order valence-corrected chi connectivity index (χ1v) is 14.7. The van der Waals surface area contributed by atoms with Crippen molar-refractivity contribution in [1.82, 2.24) is 19.9 Å². The molecule has 226 valence electrons. The van der Waals surface area contributed by atoms with E-state index in [0.717, 1.165) is 19.4 Å². The van der Waals surface area contributed by atoms with Gasteiger partial charge in [0.25, 0.3) is 0 Å². The van der Waals surface area contributed by atoms with Crippen LogP contribution in [0.2, 0.25) is 0 Å². The molecule has 0 aliphatic carbocycles. The van der Waals surface area contributed by atoms with Crippen LogP contribution in [0.5, 0.6) is 17.6 Å². The van der Waals surface area contributed by atoms with Crippen molar-refractivity contribution < 1.29 is 32.5 Å². The third-order valence-corrected chi connectivity index (χ3v) is 9.31. The average Bonchev–Trinajstić information content (AvgIpc) is 3.49. The van der Waals surface area contributed by atoms with Gasteiger partial charge in [0.1, 0.15) is 53.4 Å². The van der Waals surface area contributed by atoms with Crippen LogP contribution in [-0.4, -0.2) is 88.8 Å². The molecule has 3 fully saturated rings. The third kappa shape index (κ3) is 4.13. The Bertz CT molecular complexity index is 1880. The molecule has 0 bridgehead atoms. The van der Waals surface area contributed by atoms with Crippen molar-refractivity contribution in [2.75, 3.05) is 51.0 Å². The molecular formula is C32H28F3N5O4. The Morgan fingerprint density at radius 2 is 2.02 bits per heavy atom. The fraction of sp³-hybridized carbons (Fsp3) is 0.406. The summed E-state index contributed by atoms with van der Waals surface area (Å²) < 4.78 is 64.1. The Morgan fingerprint density at radius 3 is 2.89 bits per heavy atom. The van der Waals surface area contributed by atoms with E-state index < -0.39 is 23.3 Å². The molecule has 3 saturated heterocycles. The van der Waals surface area contributed by atoms with E-state index in [4.69, 9.17) is 25.6 Å². The number of ether oxygens (including phenoxy) is 3. The summed E-state index contributed by atoms with van der Waals surface area (Å²) in [5.74, 6) is 1.16. The second-order valence-corrected chi connectivity index (χ2v) is 11.9. The van der Waals surface area contributed by atoms with Gasteiger partial charge in [-0.3, -0.25) is 4.90 Å². The van der Waals surface area contributed by atoms with Crippen LogP contribution in [0.1, 0.15) is 24.8 Å². The largest absolute Gasteiger partial charge is 0.508 e. The molecule has 2 aromatic heterocycles. The van der Waals surface area contributed by atoms with E-state index in [0.29, 0.717) is 43.9 Å². The number of aromatic hydroxyl groups is 1. The number of hydrogen-bond donors (Lipinski definition) is 1. The number of anilines is 1. The van der Waals surface area contributed by atoms with Crippen LogP contribution in [0.4, 0.5) is 19.0 Å². The van der Waals surface area contributed by atoms with E-state index in [1.165, 1.54) is 24.3 Å². The number of alkyl halides is 1. The van der Waals surface area contributed by atoms with Crippen LogP contribution in [0, 0.1) is 24.0 Å². The molecule has 9 nitrogen and oxygen atoms in total. The van der Waals surface area contributed by atoms with Gasteiger partial charge in [-0.1, -0.05) is 12.0 Å². The Hall–Kier alpha value is -4.34. The van der Waals surface area contributed by atoms with Gasteiger partial charge in [0.2, 0.25) is 5.88 Å². The summed E-state index contributed by atoms with van der Waals surface area (Å²) in [5, 5.41) is 11.5. The molecule has 4 aliphatic rings. The molecule has 2 aromatic carbocycles. The summed E-state index contributed by atoms with van der Waals surface area (Å²) in [6.45, 7) is 2.79. The van der Waals surface area contributed by atoms with Crippen molar-refractivity contribution in [3.63, 3.8) is 0 Å². The highest BCUT2D eigenvalue weighted by atomic mass is 19.1. The number of morpholine rings is 1. The van der Waals surface area contributed by atoms with Crippen LogP contribution < -0.4 is 14.4 Å². The van der Waals surface area contributed by atoms with E-state index in [-0.39, 0.29) is 70.0 Å². The lowest BCUT2D eigenvalue weighted by atomic mass is 9.95. The average molecular weight is 604 g/mol. The van der Waals surface area contributed by atoms with Gasteiger partial charge in [0.15, 0.2) is 5.82 Å². The normalized spacial score (nSPS) is 24.5. The number of phenols is 1. The zero-order chi connectivity index (χ0) is 30.2. The van der Waals surface area contributed by atoms with Crippen LogP contribution in [0.15, 0.2) is 24.3 Å². The standard InChI is InChI=1S/C32H28F3N5O4/c1-2-21-23(34)5-4-17-10-20(41)11-22(24(17)21)27-26(35)28-25-29(40-8-9-42-14-19(40)15-43-30(25)36-27)38-31(37-28)44-16-32-6-3-7-39(32)13-18(33)12-32/h1,4-5,10-11,18-19,41H,3,6-9,12-16H2/t18-,19?,32?/m1/s1. The van der Waals surface area contributed by atoms with Crippen LogP contribution in [0.25, 0.3) is 32.9 Å². The summed E-state index contributed by atoms with van der Waals surface area (Å²) in [5.41, 5.74) is -0.795. The van der Waals surface area contributed by atoms with E-state index in [9.17, 15) is 13.9 Å². The van der Waals surface area contributed by atoms with Crippen LogP contribution in [0.3, 0.4) is 0 Å². The Morgan fingerprint density at radius 1 is 1.14 bits per heavy atom. The number of fused-ring (bicyclic) bond motifs is 4. The predicted molar refractivity (Wildman–Crippen MR) is 156 cm³/mol. The molecule has 4 aromatic rings. The third-order valence-electron chi connectivity index (χ3n) is 9.31. The number of rotatable bonds is 4. The van der Waals surface area contributed by atoms with Gasteiger partial charge in [-0.05, 0) is 43.0 Å². The summed E-state index contributed by atoms with van der Waals surface area (Å²) in [6, 6.07) is 5.09. The SMILES string of the molecule is C#Cc1c(F)ccc2cc(O)cc(-c3nc4c5c(nc(OCC67CCCN6C[C@H](F)C7)nc5c3F)N3CCOCC3CO4)c12. The summed E-state index contributed by atoms with van der Waals surface area (Å²) >= 11 is 0. The van der Waals surface area contributed by atoms with Gasteiger partial charge in [0, 0.05) is 30.5 Å². The van der Waals surface area contributed by atoms with Crippen molar-refractivity contribution in [2.45, 2.75) is 37.0 Å².